The number of ether oxygens (including phenoxy) is 2. The fourth-order valence-electron chi connectivity index (χ4n) is 2.02. The maximum Gasteiger partial charge on any atom is 0.253 e. The van der Waals surface area contributed by atoms with E-state index in [4.69, 9.17) is 13.9 Å². The molecule has 0 aliphatic rings. The topological polar surface area (TPSA) is 51.9 Å². The van der Waals surface area contributed by atoms with Crippen molar-refractivity contribution in [2.24, 2.45) is 0 Å². The third-order valence-electron chi connectivity index (χ3n) is 3.25. The van der Waals surface area contributed by atoms with Crippen LogP contribution in [0.4, 0.5) is 0 Å². The van der Waals surface area contributed by atoms with Gasteiger partial charge in [0, 0.05) is 25.6 Å². The van der Waals surface area contributed by atoms with E-state index in [2.05, 4.69) is 0 Å². The Hall–Kier alpha value is -2.43. The smallest absolute Gasteiger partial charge is 0.253 e. The number of likely N-dealkylation sites (N-methyl/N-ethyl adjacent to an activating group) is 1. The van der Waals surface area contributed by atoms with Crippen LogP contribution in [0.15, 0.2) is 41.0 Å². The highest BCUT2D eigenvalue weighted by Crippen LogP contribution is 2.27. The summed E-state index contributed by atoms with van der Waals surface area (Å²) in [6.07, 6.45) is 2.31. The van der Waals surface area contributed by atoms with E-state index in [0.717, 1.165) is 5.76 Å². The van der Waals surface area contributed by atoms with Gasteiger partial charge >= 0.3 is 0 Å². The Morgan fingerprint density at radius 2 is 1.95 bits per heavy atom. The van der Waals surface area contributed by atoms with Crippen molar-refractivity contribution < 1.29 is 18.7 Å². The first-order valence-electron chi connectivity index (χ1n) is 6.65. The molecule has 0 saturated heterocycles. The van der Waals surface area contributed by atoms with Gasteiger partial charge in [0.05, 0.1) is 20.5 Å². The lowest BCUT2D eigenvalue weighted by molar-refractivity contribution is 0.0794. The summed E-state index contributed by atoms with van der Waals surface area (Å²) in [5, 5.41) is 0. The summed E-state index contributed by atoms with van der Waals surface area (Å²) in [5.41, 5.74) is 0.564. The molecule has 1 heterocycles. The second-order valence-corrected chi connectivity index (χ2v) is 4.63. The molecule has 0 unspecified atom stereocenters. The molecule has 2 rings (SSSR count). The van der Waals surface area contributed by atoms with Crippen molar-refractivity contribution >= 4 is 5.91 Å². The molecule has 1 aromatic heterocycles. The molecule has 0 aliphatic heterocycles. The molecule has 0 saturated carbocycles. The van der Waals surface area contributed by atoms with E-state index in [1.807, 2.05) is 12.1 Å². The summed E-state index contributed by atoms with van der Waals surface area (Å²) in [5.74, 6) is 1.94. The summed E-state index contributed by atoms with van der Waals surface area (Å²) in [6, 6.07) is 8.88. The Kier molecular flexibility index (Phi) is 4.87. The largest absolute Gasteiger partial charge is 0.493 e. The minimum Gasteiger partial charge on any atom is -0.493 e. The third kappa shape index (κ3) is 3.56. The first-order valence-corrected chi connectivity index (χ1v) is 6.65. The van der Waals surface area contributed by atoms with Gasteiger partial charge in [-0.25, -0.2) is 0 Å². The summed E-state index contributed by atoms with van der Waals surface area (Å²) in [6.45, 7) is 0.584. The number of nitrogens with zero attached hydrogens (tertiary/aromatic N) is 1. The number of rotatable bonds is 6. The zero-order chi connectivity index (χ0) is 15.2. The molecule has 0 atom stereocenters. The Morgan fingerprint density at radius 3 is 2.57 bits per heavy atom. The zero-order valence-electron chi connectivity index (χ0n) is 12.5. The molecule has 0 radical (unpaired) electrons. The van der Waals surface area contributed by atoms with Gasteiger partial charge in [-0.05, 0) is 30.3 Å². The first kappa shape index (κ1) is 15.0. The fourth-order valence-corrected chi connectivity index (χ4v) is 2.02. The summed E-state index contributed by atoms with van der Waals surface area (Å²) < 4.78 is 15.6. The highest BCUT2D eigenvalue weighted by atomic mass is 16.5. The number of amides is 1. The summed E-state index contributed by atoms with van der Waals surface area (Å²) in [7, 11) is 4.88. The lowest BCUT2D eigenvalue weighted by Gasteiger charge is -2.17. The van der Waals surface area contributed by atoms with Gasteiger partial charge in [-0.15, -0.1) is 0 Å². The van der Waals surface area contributed by atoms with Crippen LogP contribution in [0.5, 0.6) is 11.5 Å². The van der Waals surface area contributed by atoms with Crippen LogP contribution in [0.1, 0.15) is 16.1 Å². The van der Waals surface area contributed by atoms with Crippen LogP contribution in [-0.4, -0.2) is 38.6 Å². The maximum absolute atomic E-state index is 12.4. The zero-order valence-corrected chi connectivity index (χ0v) is 12.5. The SMILES string of the molecule is COc1ccc(C(=O)N(C)CCc2ccco2)cc1OC. The number of hydrogen-bond donors (Lipinski definition) is 0. The van der Waals surface area contributed by atoms with E-state index in [-0.39, 0.29) is 5.91 Å². The highest BCUT2D eigenvalue weighted by Gasteiger charge is 2.15. The normalized spacial score (nSPS) is 10.2. The maximum atomic E-state index is 12.4. The van der Waals surface area contributed by atoms with Gasteiger partial charge in [-0.3, -0.25) is 4.79 Å². The van der Waals surface area contributed by atoms with Crippen molar-refractivity contribution in [3.8, 4) is 11.5 Å². The van der Waals surface area contributed by atoms with Crippen LogP contribution in [0.2, 0.25) is 0 Å². The van der Waals surface area contributed by atoms with Crippen LogP contribution in [0.3, 0.4) is 0 Å². The number of hydrogen-bond acceptors (Lipinski definition) is 4. The van der Waals surface area contributed by atoms with Crippen molar-refractivity contribution in [1.29, 1.82) is 0 Å². The highest BCUT2D eigenvalue weighted by molar-refractivity contribution is 5.94. The van der Waals surface area contributed by atoms with E-state index in [9.17, 15) is 4.79 Å². The molecule has 0 spiro atoms. The molecule has 5 heteroatoms. The second-order valence-electron chi connectivity index (χ2n) is 4.63. The average molecular weight is 289 g/mol. The molecule has 5 nitrogen and oxygen atoms in total. The van der Waals surface area contributed by atoms with Gasteiger partial charge in [-0.1, -0.05) is 0 Å². The van der Waals surface area contributed by atoms with Gasteiger partial charge in [0.25, 0.3) is 5.91 Å². The predicted octanol–water partition coefficient (Wildman–Crippen LogP) is 2.61. The number of carbonyl (C=O) groups excluding carboxylic acids is 1. The van der Waals surface area contributed by atoms with Crippen LogP contribution < -0.4 is 9.47 Å². The van der Waals surface area contributed by atoms with E-state index in [1.165, 1.54) is 0 Å². The Balaban J connectivity index is 2.04. The third-order valence-corrected chi connectivity index (χ3v) is 3.25. The molecular formula is C16H19NO4. The predicted molar refractivity (Wildman–Crippen MR) is 78.9 cm³/mol. The Labute approximate surface area is 124 Å². The molecular weight excluding hydrogens is 270 g/mol. The summed E-state index contributed by atoms with van der Waals surface area (Å²) >= 11 is 0. The van der Waals surface area contributed by atoms with Crippen molar-refractivity contribution in [1.82, 2.24) is 4.90 Å². The van der Waals surface area contributed by atoms with E-state index >= 15 is 0 Å². The molecule has 21 heavy (non-hydrogen) atoms. The van der Waals surface area contributed by atoms with Crippen LogP contribution >= 0.6 is 0 Å². The molecule has 1 amide bonds. The standard InChI is InChI=1S/C16H19NO4/c1-17(9-8-13-5-4-10-21-13)16(18)12-6-7-14(19-2)15(11-12)20-3/h4-7,10-11H,8-9H2,1-3H3. The van der Waals surface area contributed by atoms with E-state index < -0.39 is 0 Å². The minimum absolute atomic E-state index is 0.0671. The van der Waals surface area contributed by atoms with Crippen molar-refractivity contribution in [2.45, 2.75) is 6.42 Å². The monoisotopic (exact) mass is 289 g/mol. The van der Waals surface area contributed by atoms with Gasteiger partial charge in [0.2, 0.25) is 0 Å². The van der Waals surface area contributed by atoms with Gasteiger partial charge in [0.1, 0.15) is 5.76 Å². The molecule has 0 fully saturated rings. The number of methoxy groups -OCH3 is 2. The first-order chi connectivity index (χ1) is 10.2. The Bertz CT molecular complexity index is 592. The second kappa shape index (κ2) is 6.83. The van der Waals surface area contributed by atoms with Gasteiger partial charge in [0.15, 0.2) is 11.5 Å². The van der Waals surface area contributed by atoms with Gasteiger partial charge in [-0.2, -0.15) is 0 Å². The summed E-state index contributed by atoms with van der Waals surface area (Å²) in [4.78, 5) is 14.0. The lowest BCUT2D eigenvalue weighted by Crippen LogP contribution is -2.28. The molecule has 2 aromatic rings. The van der Waals surface area contributed by atoms with Crippen molar-refractivity contribution in [3.05, 3.63) is 47.9 Å². The quantitative estimate of drug-likeness (QED) is 0.820. The number of furan rings is 1. The number of benzene rings is 1. The van der Waals surface area contributed by atoms with Gasteiger partial charge < -0.3 is 18.8 Å². The van der Waals surface area contributed by atoms with E-state index in [0.29, 0.717) is 30.0 Å². The molecule has 0 N–H and O–H groups in total. The minimum atomic E-state index is -0.0671. The van der Waals surface area contributed by atoms with Crippen molar-refractivity contribution in [2.75, 3.05) is 27.8 Å². The molecule has 0 aliphatic carbocycles. The fraction of sp³-hybridized carbons (Fsp3) is 0.312. The van der Waals surface area contributed by atoms with Crippen molar-refractivity contribution in [3.63, 3.8) is 0 Å². The average Bonchev–Trinajstić information content (AvgIpc) is 3.04. The van der Waals surface area contributed by atoms with Crippen LogP contribution in [0.25, 0.3) is 0 Å². The molecule has 1 aromatic carbocycles. The van der Waals surface area contributed by atoms with Crippen LogP contribution in [-0.2, 0) is 6.42 Å². The Morgan fingerprint density at radius 1 is 1.19 bits per heavy atom. The molecule has 112 valence electrons. The van der Waals surface area contributed by atoms with E-state index in [1.54, 1.807) is 50.6 Å². The number of carbonyl (C=O) groups is 1. The van der Waals surface area contributed by atoms with Crippen LogP contribution in [0, 0.1) is 0 Å². The molecule has 0 bridgehead atoms. The lowest BCUT2D eigenvalue weighted by atomic mass is 10.1.